The summed E-state index contributed by atoms with van der Waals surface area (Å²) in [4.78, 5) is 9.61. The third-order valence-corrected chi connectivity index (χ3v) is 4.46. The van der Waals surface area contributed by atoms with E-state index in [1.54, 1.807) is 11.3 Å². The lowest BCUT2D eigenvalue weighted by Gasteiger charge is -2.09. The molecule has 2 aromatic heterocycles. The number of anilines is 1. The highest BCUT2D eigenvalue weighted by atomic mass is 35.5. The second-order valence-electron chi connectivity index (χ2n) is 5.02. The van der Waals surface area contributed by atoms with Crippen molar-refractivity contribution >= 4 is 39.0 Å². The van der Waals surface area contributed by atoms with Gasteiger partial charge in [0.05, 0.1) is 5.39 Å². The Kier molecular flexibility index (Phi) is 3.83. The third-order valence-electron chi connectivity index (χ3n) is 3.42. The van der Waals surface area contributed by atoms with Crippen LogP contribution in [0, 0.1) is 13.8 Å². The Morgan fingerprint density at radius 3 is 2.71 bits per heavy atom. The van der Waals surface area contributed by atoms with Gasteiger partial charge in [-0.05, 0) is 43.5 Å². The SMILES string of the molecule is CCNc1nc(Cl)nc2scc(-c3ccc(C)cc3C)c12. The van der Waals surface area contributed by atoms with Crippen LogP contribution in [0.1, 0.15) is 18.1 Å². The van der Waals surface area contributed by atoms with E-state index in [2.05, 4.69) is 52.7 Å². The van der Waals surface area contributed by atoms with Crippen molar-refractivity contribution in [2.75, 3.05) is 11.9 Å². The normalized spacial score (nSPS) is 11.0. The van der Waals surface area contributed by atoms with Gasteiger partial charge >= 0.3 is 0 Å². The van der Waals surface area contributed by atoms with E-state index >= 15 is 0 Å². The number of aromatic nitrogens is 2. The summed E-state index contributed by atoms with van der Waals surface area (Å²) in [5, 5.41) is 6.76. The predicted octanol–water partition coefficient (Wildman–Crippen LogP) is 5.06. The minimum atomic E-state index is 0.285. The first kappa shape index (κ1) is 14.3. The number of benzene rings is 1. The molecule has 21 heavy (non-hydrogen) atoms. The van der Waals surface area contributed by atoms with Gasteiger partial charge in [0, 0.05) is 17.5 Å². The van der Waals surface area contributed by atoms with Crippen molar-refractivity contribution in [3.63, 3.8) is 0 Å². The van der Waals surface area contributed by atoms with Crippen molar-refractivity contribution in [3.05, 3.63) is 40.0 Å². The second kappa shape index (κ2) is 5.62. The Bertz CT molecular complexity index is 811. The van der Waals surface area contributed by atoms with Crippen molar-refractivity contribution in [2.24, 2.45) is 0 Å². The molecule has 0 amide bonds. The molecule has 0 aliphatic heterocycles. The first-order valence-corrected chi connectivity index (χ1v) is 8.12. The van der Waals surface area contributed by atoms with Gasteiger partial charge in [0.25, 0.3) is 0 Å². The van der Waals surface area contributed by atoms with Gasteiger partial charge in [0.15, 0.2) is 0 Å². The van der Waals surface area contributed by atoms with Gasteiger partial charge in [-0.15, -0.1) is 11.3 Å². The van der Waals surface area contributed by atoms with Crippen LogP contribution < -0.4 is 5.32 Å². The molecule has 5 heteroatoms. The number of aryl methyl sites for hydroxylation is 2. The zero-order valence-corrected chi connectivity index (χ0v) is 13.8. The molecule has 3 nitrogen and oxygen atoms in total. The molecule has 0 aliphatic carbocycles. The van der Waals surface area contributed by atoms with Gasteiger partial charge in [0.1, 0.15) is 10.6 Å². The molecule has 0 fully saturated rings. The highest BCUT2D eigenvalue weighted by Gasteiger charge is 2.15. The molecule has 1 N–H and O–H groups in total. The van der Waals surface area contributed by atoms with Crippen LogP contribution in [-0.2, 0) is 0 Å². The van der Waals surface area contributed by atoms with E-state index < -0.39 is 0 Å². The van der Waals surface area contributed by atoms with E-state index in [0.717, 1.165) is 22.6 Å². The highest BCUT2D eigenvalue weighted by Crippen LogP contribution is 2.38. The summed E-state index contributed by atoms with van der Waals surface area (Å²) < 4.78 is 0. The van der Waals surface area contributed by atoms with Crippen molar-refractivity contribution in [3.8, 4) is 11.1 Å². The Labute approximate surface area is 133 Å². The van der Waals surface area contributed by atoms with Crippen LogP contribution in [-0.4, -0.2) is 16.5 Å². The first-order chi connectivity index (χ1) is 10.1. The van der Waals surface area contributed by atoms with E-state index in [0.29, 0.717) is 0 Å². The molecule has 0 spiro atoms. The van der Waals surface area contributed by atoms with Crippen LogP contribution in [0.3, 0.4) is 0 Å². The van der Waals surface area contributed by atoms with Crippen LogP contribution in [0.15, 0.2) is 23.6 Å². The Morgan fingerprint density at radius 1 is 1.19 bits per heavy atom. The van der Waals surface area contributed by atoms with Crippen LogP contribution >= 0.6 is 22.9 Å². The van der Waals surface area contributed by atoms with Crippen LogP contribution in [0.25, 0.3) is 21.3 Å². The molecular formula is C16H16ClN3S. The van der Waals surface area contributed by atoms with E-state index in [4.69, 9.17) is 11.6 Å². The summed E-state index contributed by atoms with van der Waals surface area (Å²) in [6.07, 6.45) is 0. The lowest BCUT2D eigenvalue weighted by molar-refractivity contribution is 1.15. The zero-order valence-electron chi connectivity index (χ0n) is 12.2. The Hall–Kier alpha value is -1.65. The van der Waals surface area contributed by atoms with E-state index in [-0.39, 0.29) is 5.28 Å². The minimum absolute atomic E-state index is 0.285. The van der Waals surface area contributed by atoms with Crippen molar-refractivity contribution < 1.29 is 0 Å². The lowest BCUT2D eigenvalue weighted by Crippen LogP contribution is -2.01. The molecular weight excluding hydrogens is 302 g/mol. The molecule has 0 bridgehead atoms. The van der Waals surface area contributed by atoms with Crippen LogP contribution in [0.2, 0.25) is 5.28 Å². The van der Waals surface area contributed by atoms with Crippen molar-refractivity contribution in [1.82, 2.24) is 9.97 Å². The summed E-state index contributed by atoms with van der Waals surface area (Å²) >= 11 is 7.61. The number of hydrogen-bond acceptors (Lipinski definition) is 4. The standard InChI is InChI=1S/C16H16ClN3S/c1-4-18-14-13-12(8-21-15(13)20-16(17)19-14)11-6-5-9(2)7-10(11)3/h5-8H,4H2,1-3H3,(H,18,19,20). The maximum absolute atomic E-state index is 6.01. The van der Waals surface area contributed by atoms with Crippen molar-refractivity contribution in [1.29, 1.82) is 0 Å². The molecule has 0 atom stereocenters. The third kappa shape index (κ3) is 2.61. The number of thiophene rings is 1. The lowest BCUT2D eigenvalue weighted by atomic mass is 9.99. The largest absolute Gasteiger partial charge is 0.370 e. The molecule has 1 aromatic carbocycles. The van der Waals surface area contributed by atoms with Gasteiger partial charge in [-0.2, -0.15) is 0 Å². The smallest absolute Gasteiger partial charge is 0.225 e. The molecule has 0 saturated heterocycles. The fourth-order valence-electron chi connectivity index (χ4n) is 2.53. The van der Waals surface area contributed by atoms with Crippen molar-refractivity contribution in [2.45, 2.75) is 20.8 Å². The minimum Gasteiger partial charge on any atom is -0.370 e. The van der Waals surface area contributed by atoms with Gasteiger partial charge in [-0.3, -0.25) is 0 Å². The molecule has 0 saturated carbocycles. The van der Waals surface area contributed by atoms with E-state index in [1.807, 2.05) is 6.92 Å². The van der Waals surface area contributed by atoms with Crippen LogP contribution in [0.4, 0.5) is 5.82 Å². The van der Waals surface area contributed by atoms with Gasteiger partial charge in [-0.1, -0.05) is 23.8 Å². The number of fused-ring (bicyclic) bond motifs is 1. The van der Waals surface area contributed by atoms with Crippen LogP contribution in [0.5, 0.6) is 0 Å². The summed E-state index contributed by atoms with van der Waals surface area (Å²) in [5.41, 5.74) is 4.91. The summed E-state index contributed by atoms with van der Waals surface area (Å²) in [6, 6.07) is 6.49. The Morgan fingerprint density at radius 2 is 2.00 bits per heavy atom. The topological polar surface area (TPSA) is 37.8 Å². The quantitative estimate of drug-likeness (QED) is 0.686. The molecule has 3 rings (SSSR count). The first-order valence-electron chi connectivity index (χ1n) is 6.86. The molecule has 3 aromatic rings. The molecule has 0 unspecified atom stereocenters. The summed E-state index contributed by atoms with van der Waals surface area (Å²) in [5.74, 6) is 0.809. The fraction of sp³-hybridized carbons (Fsp3) is 0.250. The summed E-state index contributed by atoms with van der Waals surface area (Å²) in [6.45, 7) is 7.08. The molecule has 0 radical (unpaired) electrons. The van der Waals surface area contributed by atoms with Gasteiger partial charge in [0.2, 0.25) is 5.28 Å². The maximum Gasteiger partial charge on any atom is 0.225 e. The Balaban J connectivity index is 2.28. The summed E-state index contributed by atoms with van der Waals surface area (Å²) in [7, 11) is 0. The predicted molar refractivity (Wildman–Crippen MR) is 91.5 cm³/mol. The van der Waals surface area contributed by atoms with Gasteiger partial charge in [-0.25, -0.2) is 9.97 Å². The van der Waals surface area contributed by atoms with E-state index in [1.165, 1.54) is 22.3 Å². The second-order valence-corrected chi connectivity index (χ2v) is 6.22. The highest BCUT2D eigenvalue weighted by molar-refractivity contribution is 7.17. The van der Waals surface area contributed by atoms with Gasteiger partial charge < -0.3 is 5.32 Å². The number of hydrogen-bond donors (Lipinski definition) is 1. The maximum atomic E-state index is 6.01. The average molecular weight is 318 g/mol. The molecule has 108 valence electrons. The zero-order chi connectivity index (χ0) is 15.0. The number of nitrogens with zero attached hydrogens (tertiary/aromatic N) is 2. The fourth-order valence-corrected chi connectivity index (χ4v) is 3.68. The monoisotopic (exact) mass is 317 g/mol. The average Bonchev–Trinajstić information content (AvgIpc) is 2.82. The molecule has 2 heterocycles. The molecule has 0 aliphatic rings. The number of rotatable bonds is 3. The van der Waals surface area contributed by atoms with E-state index in [9.17, 15) is 0 Å². The number of halogens is 1. The number of nitrogens with one attached hydrogen (secondary N) is 1.